The Kier molecular flexibility index (Phi) is 11.8. The first kappa shape index (κ1) is 18.7. The molecule has 0 rings (SSSR count). The Bertz CT molecular complexity index is 285. The second-order valence-electron chi connectivity index (χ2n) is 4.50. The lowest BCUT2D eigenvalue weighted by Gasteiger charge is -2.11. The van der Waals surface area contributed by atoms with Crippen LogP contribution in [0.3, 0.4) is 0 Å². The van der Waals surface area contributed by atoms with Crippen LogP contribution in [0.2, 0.25) is 0 Å². The fourth-order valence-corrected chi connectivity index (χ4v) is 1.65. The van der Waals surface area contributed by atoms with E-state index in [1.807, 2.05) is 6.92 Å². The van der Waals surface area contributed by atoms with Gasteiger partial charge in [0.1, 0.15) is 6.73 Å². The highest BCUT2D eigenvalue weighted by atomic mass is 16.5. The van der Waals surface area contributed by atoms with Gasteiger partial charge in [-0.1, -0.05) is 6.92 Å². The van der Waals surface area contributed by atoms with Crippen LogP contribution in [0.15, 0.2) is 4.99 Å². The molecule has 0 aromatic heterocycles. The molecule has 1 atom stereocenters. The summed E-state index contributed by atoms with van der Waals surface area (Å²) in [6, 6.07) is 0. The Morgan fingerprint density at radius 3 is 2.65 bits per heavy atom. The average Bonchev–Trinajstić information content (AvgIpc) is 2.42. The van der Waals surface area contributed by atoms with E-state index in [0.717, 1.165) is 25.7 Å². The third-order valence-electron chi connectivity index (χ3n) is 2.89. The van der Waals surface area contributed by atoms with Gasteiger partial charge >= 0.3 is 0 Å². The summed E-state index contributed by atoms with van der Waals surface area (Å²) in [6.45, 7) is 4.14. The molecule has 0 radical (unpaired) electrons. The Morgan fingerprint density at radius 2 is 2.05 bits per heavy atom. The van der Waals surface area contributed by atoms with Gasteiger partial charge in [0.2, 0.25) is 5.91 Å². The SMILES string of the molecule is CCC(CCCNC(N)=NCOCCCOC)C(N)=O. The van der Waals surface area contributed by atoms with E-state index in [9.17, 15) is 4.79 Å². The van der Waals surface area contributed by atoms with Crippen LogP contribution < -0.4 is 16.8 Å². The first-order valence-electron chi connectivity index (χ1n) is 7.01. The zero-order valence-electron chi connectivity index (χ0n) is 12.6. The molecule has 0 spiro atoms. The maximum absolute atomic E-state index is 11.0. The van der Waals surface area contributed by atoms with Gasteiger partial charge in [0.15, 0.2) is 5.96 Å². The quantitative estimate of drug-likeness (QED) is 0.270. The topological polar surface area (TPSA) is 112 Å². The first-order valence-corrected chi connectivity index (χ1v) is 7.01. The summed E-state index contributed by atoms with van der Waals surface area (Å²) >= 11 is 0. The van der Waals surface area contributed by atoms with Gasteiger partial charge in [-0.05, 0) is 25.7 Å². The Morgan fingerprint density at radius 1 is 1.30 bits per heavy atom. The van der Waals surface area contributed by atoms with Crippen molar-refractivity contribution in [1.29, 1.82) is 0 Å². The van der Waals surface area contributed by atoms with Crippen LogP contribution in [-0.4, -0.2) is 45.5 Å². The van der Waals surface area contributed by atoms with Crippen molar-refractivity contribution in [3.05, 3.63) is 0 Å². The third-order valence-corrected chi connectivity index (χ3v) is 2.89. The minimum atomic E-state index is -0.237. The van der Waals surface area contributed by atoms with Gasteiger partial charge in [-0.25, -0.2) is 4.99 Å². The lowest BCUT2D eigenvalue weighted by Crippen LogP contribution is -2.33. The fourth-order valence-electron chi connectivity index (χ4n) is 1.65. The zero-order valence-corrected chi connectivity index (χ0v) is 12.6. The van der Waals surface area contributed by atoms with Gasteiger partial charge in [0.25, 0.3) is 0 Å². The zero-order chi connectivity index (χ0) is 15.2. The van der Waals surface area contributed by atoms with Crippen LogP contribution in [-0.2, 0) is 14.3 Å². The standard InChI is InChI=1S/C13H28N4O3/c1-3-11(12(14)18)6-4-7-16-13(15)17-10-20-9-5-8-19-2/h11H,3-10H2,1-2H3,(H2,14,18)(H3,15,16,17). The number of nitrogens with zero attached hydrogens (tertiary/aromatic N) is 1. The molecule has 1 amide bonds. The average molecular weight is 288 g/mol. The maximum atomic E-state index is 11.0. The minimum absolute atomic E-state index is 0.0564. The number of aliphatic imine (C=N–C) groups is 1. The molecule has 0 aliphatic rings. The number of carbonyl (C=O) groups excluding carboxylic acids is 1. The van der Waals surface area contributed by atoms with Crippen LogP contribution >= 0.6 is 0 Å². The van der Waals surface area contributed by atoms with Crippen LogP contribution in [0, 0.1) is 5.92 Å². The van der Waals surface area contributed by atoms with Crippen molar-refractivity contribution in [3.8, 4) is 0 Å². The molecular weight excluding hydrogens is 260 g/mol. The molecule has 7 nitrogen and oxygen atoms in total. The highest BCUT2D eigenvalue weighted by Gasteiger charge is 2.11. The van der Waals surface area contributed by atoms with E-state index in [-0.39, 0.29) is 18.6 Å². The van der Waals surface area contributed by atoms with Crippen LogP contribution in [0.1, 0.15) is 32.6 Å². The van der Waals surface area contributed by atoms with E-state index in [2.05, 4.69) is 10.3 Å². The van der Waals surface area contributed by atoms with E-state index in [1.165, 1.54) is 0 Å². The van der Waals surface area contributed by atoms with Gasteiger partial charge < -0.3 is 26.3 Å². The van der Waals surface area contributed by atoms with Gasteiger partial charge in [-0.3, -0.25) is 4.79 Å². The molecule has 5 N–H and O–H groups in total. The number of rotatable bonds is 12. The van der Waals surface area contributed by atoms with Crippen molar-refractivity contribution in [3.63, 3.8) is 0 Å². The van der Waals surface area contributed by atoms with E-state index in [4.69, 9.17) is 20.9 Å². The Balaban J connectivity index is 3.56. The number of carbonyl (C=O) groups is 1. The van der Waals surface area contributed by atoms with E-state index >= 15 is 0 Å². The molecule has 0 aliphatic heterocycles. The van der Waals surface area contributed by atoms with E-state index in [0.29, 0.717) is 25.7 Å². The molecule has 0 saturated heterocycles. The number of ether oxygens (including phenoxy) is 2. The normalized spacial score (nSPS) is 13.2. The molecule has 20 heavy (non-hydrogen) atoms. The number of primary amides is 1. The maximum Gasteiger partial charge on any atom is 0.220 e. The number of nitrogens with two attached hydrogens (primary N) is 2. The summed E-state index contributed by atoms with van der Waals surface area (Å²) in [6.07, 6.45) is 3.20. The summed E-state index contributed by atoms with van der Waals surface area (Å²) in [7, 11) is 1.65. The van der Waals surface area contributed by atoms with Crippen molar-refractivity contribution in [2.75, 3.05) is 33.6 Å². The molecular formula is C13H28N4O3. The van der Waals surface area contributed by atoms with Gasteiger partial charge in [-0.15, -0.1) is 0 Å². The molecule has 7 heteroatoms. The van der Waals surface area contributed by atoms with Gasteiger partial charge in [0.05, 0.1) is 6.61 Å². The molecule has 0 aromatic rings. The molecule has 118 valence electrons. The lowest BCUT2D eigenvalue weighted by molar-refractivity contribution is -0.122. The largest absolute Gasteiger partial charge is 0.385 e. The van der Waals surface area contributed by atoms with Gasteiger partial charge in [0, 0.05) is 26.2 Å². The number of hydrogen-bond acceptors (Lipinski definition) is 4. The van der Waals surface area contributed by atoms with Crippen molar-refractivity contribution < 1.29 is 14.3 Å². The second-order valence-corrected chi connectivity index (χ2v) is 4.50. The monoisotopic (exact) mass is 288 g/mol. The van der Waals surface area contributed by atoms with Crippen molar-refractivity contribution in [2.24, 2.45) is 22.4 Å². The molecule has 1 unspecified atom stereocenters. The van der Waals surface area contributed by atoms with Crippen LogP contribution in [0.25, 0.3) is 0 Å². The van der Waals surface area contributed by atoms with Crippen molar-refractivity contribution in [1.82, 2.24) is 5.32 Å². The summed E-state index contributed by atoms with van der Waals surface area (Å²) in [4.78, 5) is 15.1. The molecule has 0 fully saturated rings. The first-order chi connectivity index (χ1) is 9.61. The van der Waals surface area contributed by atoms with Crippen molar-refractivity contribution >= 4 is 11.9 Å². The minimum Gasteiger partial charge on any atom is -0.385 e. The smallest absolute Gasteiger partial charge is 0.220 e. The Hall–Kier alpha value is -1.34. The molecule has 0 heterocycles. The number of amides is 1. The molecule has 0 bridgehead atoms. The predicted molar refractivity (Wildman–Crippen MR) is 79.1 cm³/mol. The summed E-state index contributed by atoms with van der Waals surface area (Å²) < 4.78 is 10.1. The highest BCUT2D eigenvalue weighted by molar-refractivity contribution is 5.77. The number of guanidine groups is 1. The lowest BCUT2D eigenvalue weighted by atomic mass is 10.00. The van der Waals surface area contributed by atoms with Crippen molar-refractivity contribution in [2.45, 2.75) is 32.6 Å². The van der Waals surface area contributed by atoms with E-state index in [1.54, 1.807) is 7.11 Å². The third kappa shape index (κ3) is 10.6. The van der Waals surface area contributed by atoms with E-state index < -0.39 is 0 Å². The number of hydrogen-bond donors (Lipinski definition) is 3. The molecule has 0 aromatic carbocycles. The highest BCUT2D eigenvalue weighted by Crippen LogP contribution is 2.09. The van der Waals surface area contributed by atoms with Crippen LogP contribution in [0.4, 0.5) is 0 Å². The molecule has 0 saturated carbocycles. The summed E-state index contributed by atoms with van der Waals surface area (Å²) in [5.74, 6) is 0.0570. The molecule has 0 aliphatic carbocycles. The summed E-state index contributed by atoms with van der Waals surface area (Å²) in [5.41, 5.74) is 10.9. The van der Waals surface area contributed by atoms with Gasteiger partial charge in [-0.2, -0.15) is 0 Å². The van der Waals surface area contributed by atoms with Crippen LogP contribution in [0.5, 0.6) is 0 Å². The fraction of sp³-hybridized carbons (Fsp3) is 0.846. The Labute approximate surface area is 121 Å². The second kappa shape index (κ2) is 12.7. The number of nitrogens with one attached hydrogen (secondary N) is 1. The summed E-state index contributed by atoms with van der Waals surface area (Å²) in [5, 5.41) is 2.97. The predicted octanol–water partition coefficient (Wildman–Crippen LogP) is 0.193. The number of methoxy groups -OCH3 is 1.